The fraction of sp³-hybridized carbons (Fsp3) is 0.538. The Balaban J connectivity index is 2.13. The highest BCUT2D eigenvalue weighted by molar-refractivity contribution is 6.31. The van der Waals surface area contributed by atoms with Gasteiger partial charge in [0, 0.05) is 18.2 Å². The molecule has 2 rings (SSSR count). The first-order chi connectivity index (χ1) is 8.06. The molecule has 0 spiro atoms. The van der Waals surface area contributed by atoms with Crippen molar-refractivity contribution in [1.29, 1.82) is 0 Å². The second-order valence-electron chi connectivity index (χ2n) is 4.72. The van der Waals surface area contributed by atoms with E-state index in [0.717, 1.165) is 19.3 Å². The molecule has 1 aliphatic carbocycles. The number of halogens is 2. The third-order valence-electron chi connectivity index (χ3n) is 3.65. The van der Waals surface area contributed by atoms with Crippen LogP contribution in [0.25, 0.3) is 0 Å². The van der Waals surface area contributed by atoms with E-state index in [1.165, 1.54) is 12.1 Å². The van der Waals surface area contributed by atoms with Crippen LogP contribution >= 0.6 is 11.6 Å². The van der Waals surface area contributed by atoms with Crippen molar-refractivity contribution in [1.82, 2.24) is 0 Å². The Bertz CT molecular complexity index is 401. The topological polar surface area (TPSA) is 35.2 Å². The minimum atomic E-state index is -0.306. The van der Waals surface area contributed by atoms with Crippen molar-refractivity contribution < 1.29 is 9.13 Å². The Morgan fingerprint density at radius 1 is 1.53 bits per heavy atom. The monoisotopic (exact) mass is 257 g/mol. The lowest BCUT2D eigenvalue weighted by Crippen LogP contribution is -2.41. The molecule has 0 heterocycles. The first kappa shape index (κ1) is 12.8. The van der Waals surface area contributed by atoms with Crippen LogP contribution in [0.4, 0.5) is 4.39 Å². The third-order valence-corrected chi connectivity index (χ3v) is 3.99. The zero-order chi connectivity index (χ0) is 12.5. The predicted octanol–water partition coefficient (Wildman–Crippen LogP) is 3.44. The Hall–Kier alpha value is -0.640. The van der Waals surface area contributed by atoms with Gasteiger partial charge < -0.3 is 10.5 Å². The van der Waals surface area contributed by atoms with Crippen molar-refractivity contribution in [2.45, 2.75) is 37.3 Å². The van der Waals surface area contributed by atoms with Crippen molar-refractivity contribution in [3.8, 4) is 0 Å². The summed E-state index contributed by atoms with van der Waals surface area (Å²) in [5.41, 5.74) is 6.64. The van der Waals surface area contributed by atoms with E-state index >= 15 is 0 Å². The molecule has 1 aromatic carbocycles. The van der Waals surface area contributed by atoms with Gasteiger partial charge in [-0.1, -0.05) is 11.6 Å². The number of rotatable bonds is 4. The summed E-state index contributed by atoms with van der Waals surface area (Å²) < 4.78 is 18.7. The smallest absolute Gasteiger partial charge is 0.123 e. The first-order valence-electron chi connectivity index (χ1n) is 5.82. The Morgan fingerprint density at radius 2 is 2.24 bits per heavy atom. The summed E-state index contributed by atoms with van der Waals surface area (Å²) in [7, 11) is 1.71. The van der Waals surface area contributed by atoms with E-state index in [4.69, 9.17) is 22.1 Å². The van der Waals surface area contributed by atoms with Crippen LogP contribution < -0.4 is 5.73 Å². The Morgan fingerprint density at radius 3 is 2.76 bits per heavy atom. The highest BCUT2D eigenvalue weighted by Gasteiger charge is 2.38. The van der Waals surface area contributed by atoms with Crippen LogP contribution in [0.5, 0.6) is 0 Å². The SMILES string of the molecule is COC1(CC(N)c2cc(F)ccc2Cl)CCC1. The van der Waals surface area contributed by atoms with E-state index < -0.39 is 0 Å². The van der Waals surface area contributed by atoms with E-state index in [2.05, 4.69) is 0 Å². The van der Waals surface area contributed by atoms with Crippen molar-refractivity contribution in [3.05, 3.63) is 34.6 Å². The normalized spacial score (nSPS) is 19.8. The van der Waals surface area contributed by atoms with Gasteiger partial charge in [0.05, 0.1) is 5.60 Å². The number of nitrogens with two attached hydrogens (primary N) is 1. The molecule has 2 N–H and O–H groups in total. The second-order valence-corrected chi connectivity index (χ2v) is 5.12. The highest BCUT2D eigenvalue weighted by atomic mass is 35.5. The maximum absolute atomic E-state index is 13.2. The average Bonchev–Trinajstić information content (AvgIpc) is 2.26. The molecule has 4 heteroatoms. The van der Waals surface area contributed by atoms with Gasteiger partial charge >= 0.3 is 0 Å². The maximum atomic E-state index is 13.2. The molecule has 94 valence electrons. The minimum Gasteiger partial charge on any atom is -0.378 e. The summed E-state index contributed by atoms with van der Waals surface area (Å²) in [5, 5.41) is 0.518. The summed E-state index contributed by atoms with van der Waals surface area (Å²) in [6.07, 6.45) is 3.89. The van der Waals surface area contributed by atoms with Crippen molar-refractivity contribution in [3.63, 3.8) is 0 Å². The molecule has 1 aromatic rings. The summed E-state index contributed by atoms with van der Waals surface area (Å²) >= 11 is 6.04. The van der Waals surface area contributed by atoms with Crippen LogP contribution in [-0.2, 0) is 4.74 Å². The quantitative estimate of drug-likeness (QED) is 0.897. The van der Waals surface area contributed by atoms with E-state index in [9.17, 15) is 4.39 Å². The fourth-order valence-corrected chi connectivity index (χ4v) is 2.63. The molecular weight excluding hydrogens is 241 g/mol. The lowest BCUT2D eigenvalue weighted by Gasteiger charge is -2.42. The molecule has 1 unspecified atom stereocenters. The standard InChI is InChI=1S/C13H17ClFNO/c1-17-13(5-2-6-13)8-12(16)10-7-9(15)3-4-11(10)14/h3-4,7,12H,2,5-6,8,16H2,1H3. The number of methoxy groups -OCH3 is 1. The molecule has 1 atom stereocenters. The molecule has 1 saturated carbocycles. The summed E-state index contributed by atoms with van der Waals surface area (Å²) in [4.78, 5) is 0. The summed E-state index contributed by atoms with van der Waals surface area (Å²) in [6.45, 7) is 0. The van der Waals surface area contributed by atoms with Gasteiger partial charge in [0.25, 0.3) is 0 Å². The van der Waals surface area contributed by atoms with E-state index in [1.54, 1.807) is 13.2 Å². The van der Waals surface area contributed by atoms with Crippen LogP contribution in [0, 0.1) is 5.82 Å². The molecule has 1 fully saturated rings. The van der Waals surface area contributed by atoms with E-state index in [1.807, 2.05) is 0 Å². The van der Waals surface area contributed by atoms with Gasteiger partial charge in [-0.15, -0.1) is 0 Å². The van der Waals surface area contributed by atoms with Crippen LogP contribution in [0.2, 0.25) is 5.02 Å². The van der Waals surface area contributed by atoms with E-state index in [0.29, 0.717) is 17.0 Å². The first-order valence-corrected chi connectivity index (χ1v) is 6.20. The molecule has 0 aromatic heterocycles. The van der Waals surface area contributed by atoms with Gasteiger partial charge in [-0.25, -0.2) is 4.39 Å². The molecule has 17 heavy (non-hydrogen) atoms. The van der Waals surface area contributed by atoms with E-state index in [-0.39, 0.29) is 17.5 Å². The van der Waals surface area contributed by atoms with Crippen molar-refractivity contribution in [2.24, 2.45) is 5.73 Å². The molecule has 2 nitrogen and oxygen atoms in total. The third kappa shape index (κ3) is 2.62. The number of ether oxygens (including phenoxy) is 1. The molecule has 0 amide bonds. The van der Waals surface area contributed by atoms with Gasteiger partial charge in [-0.2, -0.15) is 0 Å². The van der Waals surface area contributed by atoms with Gasteiger partial charge in [0.1, 0.15) is 5.82 Å². The lowest BCUT2D eigenvalue weighted by molar-refractivity contribution is -0.0817. The molecular formula is C13H17ClFNO. The Labute approximate surface area is 106 Å². The second kappa shape index (κ2) is 4.92. The van der Waals surface area contributed by atoms with Crippen LogP contribution in [-0.4, -0.2) is 12.7 Å². The zero-order valence-corrected chi connectivity index (χ0v) is 10.6. The van der Waals surface area contributed by atoms with Gasteiger partial charge in [-0.3, -0.25) is 0 Å². The Kier molecular flexibility index (Phi) is 3.71. The maximum Gasteiger partial charge on any atom is 0.123 e. The largest absolute Gasteiger partial charge is 0.378 e. The average molecular weight is 258 g/mol. The fourth-order valence-electron chi connectivity index (χ4n) is 2.37. The minimum absolute atomic E-state index is 0.130. The van der Waals surface area contributed by atoms with Crippen LogP contribution in [0.3, 0.4) is 0 Å². The predicted molar refractivity (Wildman–Crippen MR) is 66.5 cm³/mol. The number of hydrogen-bond donors (Lipinski definition) is 1. The van der Waals surface area contributed by atoms with Gasteiger partial charge in [-0.05, 0) is 49.4 Å². The molecule has 0 saturated heterocycles. The molecule has 0 radical (unpaired) electrons. The van der Waals surface area contributed by atoms with Gasteiger partial charge in [0.2, 0.25) is 0 Å². The molecule has 0 aliphatic heterocycles. The number of benzene rings is 1. The molecule has 1 aliphatic rings. The van der Waals surface area contributed by atoms with Crippen molar-refractivity contribution >= 4 is 11.6 Å². The molecule has 0 bridgehead atoms. The highest BCUT2D eigenvalue weighted by Crippen LogP contribution is 2.42. The summed E-state index contributed by atoms with van der Waals surface area (Å²) in [6, 6.07) is 4.02. The zero-order valence-electron chi connectivity index (χ0n) is 9.88. The van der Waals surface area contributed by atoms with Crippen LogP contribution in [0.15, 0.2) is 18.2 Å². The van der Waals surface area contributed by atoms with Crippen LogP contribution in [0.1, 0.15) is 37.3 Å². The van der Waals surface area contributed by atoms with Gasteiger partial charge in [0.15, 0.2) is 0 Å². The van der Waals surface area contributed by atoms with Crippen molar-refractivity contribution in [2.75, 3.05) is 7.11 Å². The number of hydrogen-bond acceptors (Lipinski definition) is 2. The lowest BCUT2D eigenvalue weighted by atomic mass is 9.75. The summed E-state index contributed by atoms with van der Waals surface area (Å²) in [5.74, 6) is -0.306.